The Bertz CT molecular complexity index is 817. The molecular weight excluding hydrogens is 366 g/mol. The van der Waals surface area contributed by atoms with E-state index in [1.807, 2.05) is 6.07 Å². The molecule has 1 unspecified atom stereocenters. The molecule has 154 valence electrons. The summed E-state index contributed by atoms with van der Waals surface area (Å²) < 4.78 is 5.45. The summed E-state index contributed by atoms with van der Waals surface area (Å²) in [6, 6.07) is 8.38. The first-order chi connectivity index (χ1) is 14.1. The van der Waals surface area contributed by atoms with Gasteiger partial charge in [0.05, 0.1) is 11.4 Å². The number of hydrogen-bond acceptors (Lipinski definition) is 6. The molecule has 2 saturated heterocycles. The fourth-order valence-corrected chi connectivity index (χ4v) is 4.21. The molecule has 0 aliphatic carbocycles. The predicted molar refractivity (Wildman–Crippen MR) is 114 cm³/mol. The first-order valence-corrected chi connectivity index (χ1v) is 10.5. The molecule has 1 aromatic carbocycles. The number of hydrogen-bond donors (Lipinski definition) is 1. The second-order valence-corrected chi connectivity index (χ2v) is 8.05. The Hall–Kier alpha value is -2.72. The number of anilines is 3. The number of nitrogens with one attached hydrogen (secondary N) is 1. The van der Waals surface area contributed by atoms with Crippen LogP contribution in [0.5, 0.6) is 0 Å². The zero-order chi connectivity index (χ0) is 20.2. The molecule has 7 nitrogen and oxygen atoms in total. The summed E-state index contributed by atoms with van der Waals surface area (Å²) in [6.45, 7) is 6.05. The molecule has 29 heavy (non-hydrogen) atoms. The van der Waals surface area contributed by atoms with Crippen LogP contribution in [0.3, 0.4) is 0 Å². The van der Waals surface area contributed by atoms with Crippen molar-refractivity contribution in [3.05, 3.63) is 30.0 Å². The maximum Gasteiger partial charge on any atom is 0.265 e. The van der Waals surface area contributed by atoms with Gasteiger partial charge in [0.1, 0.15) is 6.07 Å². The SMILES string of the molecule is CN1CCN(c2ccc(N3CCCCC3)c(NC(=O)C3CC=C(C#N)O3)c2)CC1. The molecule has 1 amide bonds. The minimum Gasteiger partial charge on any atom is -0.470 e. The van der Waals surface area contributed by atoms with E-state index in [-0.39, 0.29) is 11.7 Å². The lowest BCUT2D eigenvalue weighted by atomic mass is 10.1. The average Bonchev–Trinajstić information content (AvgIpc) is 3.24. The number of rotatable bonds is 4. The van der Waals surface area contributed by atoms with Crippen LogP contribution in [0.4, 0.5) is 17.1 Å². The van der Waals surface area contributed by atoms with Crippen LogP contribution in [-0.4, -0.2) is 63.2 Å². The van der Waals surface area contributed by atoms with Crippen LogP contribution in [0.15, 0.2) is 30.0 Å². The summed E-state index contributed by atoms with van der Waals surface area (Å²) in [6.07, 6.45) is 5.09. The van der Waals surface area contributed by atoms with Crippen molar-refractivity contribution in [3.8, 4) is 6.07 Å². The van der Waals surface area contributed by atoms with Crippen LogP contribution in [0.25, 0.3) is 0 Å². The second kappa shape index (κ2) is 8.75. The Kier molecular flexibility index (Phi) is 5.91. The number of piperazine rings is 1. The molecule has 3 aliphatic rings. The van der Waals surface area contributed by atoms with Crippen molar-refractivity contribution in [2.45, 2.75) is 31.8 Å². The van der Waals surface area contributed by atoms with Gasteiger partial charge in [-0.15, -0.1) is 0 Å². The van der Waals surface area contributed by atoms with Gasteiger partial charge >= 0.3 is 0 Å². The van der Waals surface area contributed by atoms with Gasteiger partial charge in [0.25, 0.3) is 5.91 Å². The zero-order valence-corrected chi connectivity index (χ0v) is 17.1. The topological polar surface area (TPSA) is 71.8 Å². The first kappa shape index (κ1) is 19.6. The van der Waals surface area contributed by atoms with Crippen molar-refractivity contribution in [3.63, 3.8) is 0 Å². The molecule has 2 fully saturated rings. The molecule has 0 bridgehead atoms. The Morgan fingerprint density at radius 1 is 1.10 bits per heavy atom. The fraction of sp³-hybridized carbons (Fsp3) is 0.545. The molecule has 1 N–H and O–H groups in total. The Balaban J connectivity index is 1.55. The number of benzene rings is 1. The van der Waals surface area contributed by atoms with E-state index in [1.54, 1.807) is 6.08 Å². The van der Waals surface area contributed by atoms with E-state index in [0.29, 0.717) is 6.42 Å². The van der Waals surface area contributed by atoms with Crippen LogP contribution in [0, 0.1) is 11.3 Å². The molecule has 4 rings (SSSR count). The van der Waals surface area contributed by atoms with Crippen molar-refractivity contribution >= 4 is 23.0 Å². The number of carbonyl (C=O) groups is 1. The molecule has 3 aliphatic heterocycles. The normalized spacial score (nSPS) is 22.6. The number of allylic oxidation sites excluding steroid dienone is 1. The molecule has 0 saturated carbocycles. The van der Waals surface area contributed by atoms with E-state index in [2.05, 4.69) is 45.3 Å². The molecule has 7 heteroatoms. The summed E-state index contributed by atoms with van der Waals surface area (Å²) in [5, 5.41) is 12.1. The molecule has 1 aromatic rings. The van der Waals surface area contributed by atoms with E-state index >= 15 is 0 Å². The van der Waals surface area contributed by atoms with Gasteiger partial charge in [0.15, 0.2) is 11.9 Å². The lowest BCUT2D eigenvalue weighted by Crippen LogP contribution is -2.44. The van der Waals surface area contributed by atoms with Gasteiger partial charge in [0.2, 0.25) is 0 Å². The molecule has 0 aromatic heterocycles. The molecular formula is C22H29N5O2. The predicted octanol–water partition coefficient (Wildman–Crippen LogP) is 2.56. The summed E-state index contributed by atoms with van der Waals surface area (Å²) in [7, 11) is 2.15. The maximum absolute atomic E-state index is 12.8. The van der Waals surface area contributed by atoms with Crippen LogP contribution in [0.2, 0.25) is 0 Å². The van der Waals surface area contributed by atoms with Gasteiger partial charge in [-0.2, -0.15) is 5.26 Å². The molecule has 0 radical (unpaired) electrons. The third-order valence-corrected chi connectivity index (χ3v) is 5.99. The molecule has 3 heterocycles. The molecule has 0 spiro atoms. The number of amides is 1. The van der Waals surface area contributed by atoms with Gasteiger partial charge in [-0.1, -0.05) is 0 Å². The highest BCUT2D eigenvalue weighted by atomic mass is 16.5. The average molecular weight is 396 g/mol. The minimum atomic E-state index is -0.633. The standard InChI is InChI=1S/C22H29N5O2/c1-25-11-13-26(14-12-25)17-5-7-20(27-9-3-2-4-10-27)19(15-17)24-22(28)21-8-6-18(16-23)29-21/h5-7,15,21H,2-4,8-14H2,1H3,(H,24,28). The van der Waals surface area contributed by atoms with Crippen molar-refractivity contribution in [1.29, 1.82) is 5.26 Å². The highest BCUT2D eigenvalue weighted by Crippen LogP contribution is 2.33. The summed E-state index contributed by atoms with van der Waals surface area (Å²) in [5.41, 5.74) is 3.04. The maximum atomic E-state index is 12.8. The second-order valence-electron chi connectivity index (χ2n) is 8.05. The van der Waals surface area contributed by atoms with Crippen LogP contribution in [0.1, 0.15) is 25.7 Å². The molecule has 1 atom stereocenters. The number of ether oxygens (including phenoxy) is 1. The minimum absolute atomic E-state index is 0.194. The zero-order valence-electron chi connectivity index (χ0n) is 17.1. The summed E-state index contributed by atoms with van der Waals surface area (Å²) in [5.74, 6) is 0.0351. The summed E-state index contributed by atoms with van der Waals surface area (Å²) in [4.78, 5) is 19.9. The third kappa shape index (κ3) is 4.48. The number of nitriles is 1. The van der Waals surface area contributed by atoms with Crippen LogP contribution >= 0.6 is 0 Å². The van der Waals surface area contributed by atoms with Gasteiger partial charge in [-0.3, -0.25) is 4.79 Å². The van der Waals surface area contributed by atoms with Crippen molar-refractivity contribution < 1.29 is 9.53 Å². The monoisotopic (exact) mass is 395 g/mol. The van der Waals surface area contributed by atoms with E-state index in [1.165, 1.54) is 19.3 Å². The third-order valence-electron chi connectivity index (χ3n) is 5.99. The number of nitrogens with zero attached hydrogens (tertiary/aromatic N) is 4. The van der Waals surface area contributed by atoms with Gasteiger partial charge in [-0.25, -0.2) is 0 Å². The van der Waals surface area contributed by atoms with E-state index < -0.39 is 6.10 Å². The lowest BCUT2D eigenvalue weighted by Gasteiger charge is -2.35. The van der Waals surface area contributed by atoms with Gasteiger partial charge in [0, 0.05) is 51.4 Å². The number of likely N-dealkylation sites (N-methyl/N-ethyl adjacent to an activating group) is 1. The van der Waals surface area contributed by atoms with Crippen molar-refractivity contribution in [1.82, 2.24) is 4.90 Å². The van der Waals surface area contributed by atoms with Gasteiger partial charge in [-0.05, 0) is 50.6 Å². The Labute approximate surface area is 172 Å². The Morgan fingerprint density at radius 3 is 2.55 bits per heavy atom. The van der Waals surface area contributed by atoms with E-state index in [0.717, 1.165) is 56.3 Å². The largest absolute Gasteiger partial charge is 0.470 e. The van der Waals surface area contributed by atoms with Crippen molar-refractivity contribution in [2.24, 2.45) is 0 Å². The highest BCUT2D eigenvalue weighted by molar-refractivity contribution is 5.98. The Morgan fingerprint density at radius 2 is 1.86 bits per heavy atom. The van der Waals surface area contributed by atoms with Crippen molar-refractivity contribution in [2.75, 3.05) is 61.4 Å². The quantitative estimate of drug-likeness (QED) is 0.845. The van der Waals surface area contributed by atoms with Crippen LogP contribution in [-0.2, 0) is 9.53 Å². The van der Waals surface area contributed by atoms with E-state index in [9.17, 15) is 4.79 Å². The highest BCUT2D eigenvalue weighted by Gasteiger charge is 2.27. The lowest BCUT2D eigenvalue weighted by molar-refractivity contribution is -0.123. The first-order valence-electron chi connectivity index (χ1n) is 10.5. The van der Waals surface area contributed by atoms with Gasteiger partial charge < -0.3 is 24.8 Å². The number of piperidine rings is 1. The van der Waals surface area contributed by atoms with E-state index in [4.69, 9.17) is 10.00 Å². The smallest absolute Gasteiger partial charge is 0.265 e. The van der Waals surface area contributed by atoms with Crippen LogP contribution < -0.4 is 15.1 Å². The number of carbonyl (C=O) groups excluding carboxylic acids is 1. The summed E-state index contributed by atoms with van der Waals surface area (Å²) >= 11 is 0. The fourth-order valence-electron chi connectivity index (χ4n) is 4.21.